The molecule has 0 spiro atoms. The van der Waals surface area contributed by atoms with Crippen LogP contribution in [0.1, 0.15) is 6.42 Å². The minimum atomic E-state index is -0.244. The van der Waals surface area contributed by atoms with E-state index in [1.54, 1.807) is 17.0 Å². The number of hydrogen-bond donors (Lipinski definition) is 2. The Kier molecular flexibility index (Phi) is 5.17. The van der Waals surface area contributed by atoms with E-state index in [-0.39, 0.29) is 11.8 Å². The lowest BCUT2D eigenvalue weighted by molar-refractivity contribution is 0.218. The highest BCUT2D eigenvalue weighted by Gasteiger charge is 2.19. The number of benzene rings is 1. The molecule has 1 aliphatic heterocycles. The zero-order chi connectivity index (χ0) is 14.4. The lowest BCUT2D eigenvalue weighted by Crippen LogP contribution is -2.37. The summed E-state index contributed by atoms with van der Waals surface area (Å²) in [5.74, 6) is -0.244. The Hall–Kier alpha value is -1.82. The molecule has 1 aromatic carbocycles. The van der Waals surface area contributed by atoms with Crippen LogP contribution in [0.3, 0.4) is 0 Å². The molecule has 1 heterocycles. The number of carbonyl (C=O) groups is 1. The van der Waals surface area contributed by atoms with Gasteiger partial charge in [0.25, 0.3) is 0 Å². The number of amides is 2. The van der Waals surface area contributed by atoms with E-state index in [9.17, 15) is 9.18 Å². The first-order chi connectivity index (χ1) is 9.70. The van der Waals surface area contributed by atoms with Crippen LogP contribution in [0.15, 0.2) is 24.3 Å². The summed E-state index contributed by atoms with van der Waals surface area (Å²) in [6.45, 7) is 4.25. The van der Waals surface area contributed by atoms with Crippen molar-refractivity contribution in [3.8, 4) is 0 Å². The topological polar surface area (TPSA) is 61.6 Å². The van der Waals surface area contributed by atoms with Gasteiger partial charge in [-0.15, -0.1) is 0 Å². The van der Waals surface area contributed by atoms with Crippen molar-refractivity contribution in [2.24, 2.45) is 5.73 Å². The fourth-order valence-corrected chi connectivity index (χ4v) is 2.27. The second-order valence-electron chi connectivity index (χ2n) is 4.82. The smallest absolute Gasteiger partial charge is 0.317 e. The van der Waals surface area contributed by atoms with Crippen molar-refractivity contribution in [1.82, 2.24) is 10.2 Å². The van der Waals surface area contributed by atoms with Crippen molar-refractivity contribution in [2.75, 3.05) is 44.2 Å². The number of nitrogens with one attached hydrogen (secondary N) is 1. The van der Waals surface area contributed by atoms with E-state index in [0.717, 1.165) is 31.7 Å². The summed E-state index contributed by atoms with van der Waals surface area (Å²) >= 11 is 0. The molecule has 0 bridgehead atoms. The van der Waals surface area contributed by atoms with E-state index in [1.165, 1.54) is 12.1 Å². The molecule has 3 N–H and O–H groups in total. The van der Waals surface area contributed by atoms with Gasteiger partial charge in [0.1, 0.15) is 5.82 Å². The Morgan fingerprint density at radius 3 is 2.65 bits per heavy atom. The fraction of sp³-hybridized carbons (Fsp3) is 0.500. The average molecular weight is 280 g/mol. The minimum Gasteiger partial charge on any atom is -0.370 e. The second-order valence-corrected chi connectivity index (χ2v) is 4.82. The fourth-order valence-electron chi connectivity index (χ4n) is 2.27. The van der Waals surface area contributed by atoms with Gasteiger partial charge in [-0.25, -0.2) is 9.18 Å². The monoisotopic (exact) mass is 280 g/mol. The van der Waals surface area contributed by atoms with Crippen molar-refractivity contribution in [1.29, 1.82) is 0 Å². The summed E-state index contributed by atoms with van der Waals surface area (Å²) in [7, 11) is 0. The molecule has 0 unspecified atom stereocenters. The van der Waals surface area contributed by atoms with Crippen LogP contribution in [0.5, 0.6) is 0 Å². The van der Waals surface area contributed by atoms with Crippen molar-refractivity contribution in [3.05, 3.63) is 30.1 Å². The molecule has 6 heteroatoms. The normalized spacial score (nSPS) is 14.5. The van der Waals surface area contributed by atoms with E-state index in [2.05, 4.69) is 10.2 Å². The number of nitrogens with two attached hydrogens (primary N) is 1. The first kappa shape index (κ1) is 14.6. The molecule has 0 aliphatic carbocycles. The van der Waals surface area contributed by atoms with Gasteiger partial charge >= 0.3 is 6.03 Å². The molecule has 2 rings (SSSR count). The van der Waals surface area contributed by atoms with Crippen LogP contribution in [-0.2, 0) is 0 Å². The van der Waals surface area contributed by atoms with Crippen molar-refractivity contribution in [2.45, 2.75) is 6.42 Å². The summed E-state index contributed by atoms with van der Waals surface area (Å²) in [5.41, 5.74) is 6.52. The van der Waals surface area contributed by atoms with Gasteiger partial charge in [-0.1, -0.05) is 0 Å². The first-order valence-electron chi connectivity index (χ1n) is 6.94. The third-order valence-corrected chi connectivity index (χ3v) is 3.41. The van der Waals surface area contributed by atoms with Crippen LogP contribution < -0.4 is 16.0 Å². The van der Waals surface area contributed by atoms with Crippen LogP contribution in [-0.4, -0.2) is 50.2 Å². The van der Waals surface area contributed by atoms with Crippen LogP contribution in [0, 0.1) is 5.82 Å². The zero-order valence-electron chi connectivity index (χ0n) is 11.5. The van der Waals surface area contributed by atoms with Gasteiger partial charge in [0, 0.05) is 38.4 Å². The Morgan fingerprint density at radius 1 is 1.30 bits per heavy atom. The SMILES string of the molecule is NCCCN(CCN1CCNC1=O)c1ccc(F)cc1. The summed E-state index contributed by atoms with van der Waals surface area (Å²) < 4.78 is 13.0. The van der Waals surface area contributed by atoms with E-state index < -0.39 is 0 Å². The molecular weight excluding hydrogens is 259 g/mol. The molecule has 0 aromatic heterocycles. The van der Waals surface area contributed by atoms with Crippen molar-refractivity contribution in [3.63, 3.8) is 0 Å². The number of urea groups is 1. The molecule has 0 atom stereocenters. The third kappa shape index (κ3) is 3.84. The second kappa shape index (κ2) is 7.09. The molecule has 2 amide bonds. The number of anilines is 1. The Morgan fingerprint density at radius 2 is 2.05 bits per heavy atom. The number of halogens is 1. The molecular formula is C14H21FN4O. The van der Waals surface area contributed by atoms with Gasteiger partial charge in [-0.2, -0.15) is 0 Å². The van der Waals surface area contributed by atoms with Crippen LogP contribution in [0.4, 0.5) is 14.9 Å². The maximum absolute atomic E-state index is 13.0. The van der Waals surface area contributed by atoms with Gasteiger partial charge in [-0.05, 0) is 37.2 Å². The van der Waals surface area contributed by atoms with E-state index in [4.69, 9.17) is 5.73 Å². The highest BCUT2D eigenvalue weighted by Crippen LogP contribution is 2.15. The molecule has 20 heavy (non-hydrogen) atoms. The van der Waals surface area contributed by atoms with Crippen LogP contribution in [0.25, 0.3) is 0 Å². The summed E-state index contributed by atoms with van der Waals surface area (Å²) in [6, 6.07) is 6.41. The number of nitrogens with zero attached hydrogens (tertiary/aromatic N) is 2. The van der Waals surface area contributed by atoms with Crippen LogP contribution >= 0.6 is 0 Å². The predicted molar refractivity (Wildman–Crippen MR) is 77.3 cm³/mol. The van der Waals surface area contributed by atoms with Gasteiger partial charge in [-0.3, -0.25) is 0 Å². The summed E-state index contributed by atoms with van der Waals surface area (Å²) in [6.07, 6.45) is 0.865. The first-order valence-corrected chi connectivity index (χ1v) is 6.94. The standard InChI is InChI=1S/C14H21FN4O/c15-12-2-4-13(5-3-12)18(8-1-6-16)10-11-19-9-7-17-14(19)20/h2-5H,1,6-11,16H2,(H,17,20). The Bertz CT molecular complexity index is 437. The van der Waals surface area contributed by atoms with Gasteiger partial charge in [0.2, 0.25) is 0 Å². The number of carbonyl (C=O) groups excluding carboxylic acids is 1. The lowest BCUT2D eigenvalue weighted by atomic mass is 10.2. The van der Waals surface area contributed by atoms with E-state index in [1.807, 2.05) is 0 Å². The van der Waals surface area contributed by atoms with E-state index >= 15 is 0 Å². The maximum atomic E-state index is 13.0. The summed E-state index contributed by atoms with van der Waals surface area (Å²) in [5, 5.41) is 2.78. The van der Waals surface area contributed by atoms with Crippen molar-refractivity contribution < 1.29 is 9.18 Å². The number of rotatable bonds is 7. The number of hydrogen-bond acceptors (Lipinski definition) is 3. The third-order valence-electron chi connectivity index (χ3n) is 3.41. The molecule has 0 saturated carbocycles. The van der Waals surface area contributed by atoms with Gasteiger partial charge in [0.05, 0.1) is 0 Å². The Balaban J connectivity index is 1.95. The highest BCUT2D eigenvalue weighted by atomic mass is 19.1. The summed E-state index contributed by atoms with van der Waals surface area (Å²) in [4.78, 5) is 15.4. The zero-order valence-corrected chi connectivity index (χ0v) is 11.5. The van der Waals surface area contributed by atoms with Crippen LogP contribution in [0.2, 0.25) is 0 Å². The predicted octanol–water partition coefficient (Wildman–Crippen LogP) is 1.01. The quantitative estimate of drug-likeness (QED) is 0.783. The maximum Gasteiger partial charge on any atom is 0.317 e. The molecule has 1 fully saturated rings. The minimum absolute atomic E-state index is 0.0112. The average Bonchev–Trinajstić information content (AvgIpc) is 2.86. The molecule has 110 valence electrons. The van der Waals surface area contributed by atoms with Crippen molar-refractivity contribution >= 4 is 11.7 Å². The van der Waals surface area contributed by atoms with E-state index in [0.29, 0.717) is 19.6 Å². The Labute approximate surface area is 118 Å². The molecule has 1 aliphatic rings. The highest BCUT2D eigenvalue weighted by molar-refractivity contribution is 5.76. The van der Waals surface area contributed by atoms with Gasteiger partial charge < -0.3 is 20.9 Å². The molecule has 0 radical (unpaired) electrons. The lowest BCUT2D eigenvalue weighted by Gasteiger charge is -2.27. The molecule has 1 saturated heterocycles. The van der Waals surface area contributed by atoms with Gasteiger partial charge in [0.15, 0.2) is 0 Å². The largest absolute Gasteiger partial charge is 0.370 e. The molecule has 5 nitrogen and oxygen atoms in total. The molecule has 1 aromatic rings.